The van der Waals surface area contributed by atoms with Gasteiger partial charge in [0.15, 0.2) is 0 Å². The Labute approximate surface area is 109 Å². The van der Waals surface area contributed by atoms with E-state index in [9.17, 15) is 13.6 Å². The van der Waals surface area contributed by atoms with Gasteiger partial charge < -0.3 is 16.3 Å². The van der Waals surface area contributed by atoms with E-state index < -0.39 is 17.5 Å². The molecule has 0 aliphatic carbocycles. The standard InChI is InChI=1S/C12H15F2N3O2/c1-7-5-8(10(14)6-9(7)13)12(18)16-4-2-3-11(15)17-19/h5-6,19H,2-4H2,1H3,(H2,15,17)(H,16,18). The van der Waals surface area contributed by atoms with E-state index in [4.69, 9.17) is 10.9 Å². The predicted molar refractivity (Wildman–Crippen MR) is 66.1 cm³/mol. The van der Waals surface area contributed by atoms with Crippen LogP contribution in [0.15, 0.2) is 17.3 Å². The predicted octanol–water partition coefficient (Wildman–Crippen LogP) is 1.53. The van der Waals surface area contributed by atoms with Crippen LogP contribution in [0.1, 0.15) is 28.8 Å². The molecule has 104 valence electrons. The van der Waals surface area contributed by atoms with Crippen LogP contribution in [0.3, 0.4) is 0 Å². The van der Waals surface area contributed by atoms with Gasteiger partial charge in [0.25, 0.3) is 5.91 Å². The third-order valence-corrected chi connectivity index (χ3v) is 2.52. The van der Waals surface area contributed by atoms with E-state index in [-0.39, 0.29) is 23.5 Å². The summed E-state index contributed by atoms with van der Waals surface area (Å²) in [4.78, 5) is 11.7. The maximum absolute atomic E-state index is 13.4. The maximum Gasteiger partial charge on any atom is 0.254 e. The number of amidine groups is 1. The highest BCUT2D eigenvalue weighted by atomic mass is 19.1. The van der Waals surface area contributed by atoms with Crippen LogP contribution in [-0.2, 0) is 0 Å². The second-order valence-electron chi connectivity index (χ2n) is 4.03. The summed E-state index contributed by atoms with van der Waals surface area (Å²) in [6.07, 6.45) is 0.755. The average Bonchev–Trinajstić information content (AvgIpc) is 2.38. The Balaban J connectivity index is 2.57. The zero-order valence-electron chi connectivity index (χ0n) is 10.4. The van der Waals surface area contributed by atoms with E-state index in [1.165, 1.54) is 6.92 Å². The number of benzene rings is 1. The minimum Gasteiger partial charge on any atom is -0.409 e. The number of oxime groups is 1. The van der Waals surface area contributed by atoms with Crippen molar-refractivity contribution in [1.29, 1.82) is 0 Å². The van der Waals surface area contributed by atoms with E-state index in [0.29, 0.717) is 18.9 Å². The molecular formula is C12H15F2N3O2. The molecule has 0 unspecified atom stereocenters. The van der Waals surface area contributed by atoms with E-state index in [1.54, 1.807) is 0 Å². The number of carbonyl (C=O) groups excluding carboxylic acids is 1. The van der Waals surface area contributed by atoms with Crippen LogP contribution in [0.5, 0.6) is 0 Å². The summed E-state index contributed by atoms with van der Waals surface area (Å²) in [7, 11) is 0. The van der Waals surface area contributed by atoms with E-state index in [1.807, 2.05) is 0 Å². The minimum absolute atomic E-state index is 0.0538. The Morgan fingerprint density at radius 3 is 2.74 bits per heavy atom. The molecule has 1 aromatic rings. The van der Waals surface area contributed by atoms with Gasteiger partial charge in [0.2, 0.25) is 0 Å². The fourth-order valence-corrected chi connectivity index (χ4v) is 1.45. The number of rotatable bonds is 5. The highest BCUT2D eigenvalue weighted by Gasteiger charge is 2.13. The molecule has 0 bridgehead atoms. The lowest BCUT2D eigenvalue weighted by Crippen LogP contribution is -2.26. The molecule has 0 aromatic heterocycles. The van der Waals surface area contributed by atoms with Crippen LogP contribution in [0, 0.1) is 18.6 Å². The van der Waals surface area contributed by atoms with Gasteiger partial charge in [0.1, 0.15) is 17.5 Å². The van der Waals surface area contributed by atoms with Gasteiger partial charge in [-0.25, -0.2) is 8.78 Å². The molecule has 0 radical (unpaired) electrons. The smallest absolute Gasteiger partial charge is 0.254 e. The van der Waals surface area contributed by atoms with Gasteiger partial charge in [-0.1, -0.05) is 5.16 Å². The van der Waals surface area contributed by atoms with Crippen molar-refractivity contribution in [3.8, 4) is 0 Å². The monoisotopic (exact) mass is 271 g/mol. The van der Waals surface area contributed by atoms with Gasteiger partial charge in [-0.2, -0.15) is 0 Å². The summed E-state index contributed by atoms with van der Waals surface area (Å²) >= 11 is 0. The molecular weight excluding hydrogens is 256 g/mol. The Morgan fingerprint density at radius 1 is 1.42 bits per heavy atom. The summed E-state index contributed by atoms with van der Waals surface area (Å²) in [6, 6.07) is 1.84. The molecule has 0 saturated heterocycles. The summed E-state index contributed by atoms with van der Waals surface area (Å²) in [6.45, 7) is 1.69. The Bertz CT molecular complexity index is 504. The number of nitrogens with zero attached hydrogens (tertiary/aromatic N) is 1. The molecule has 1 rings (SSSR count). The number of carbonyl (C=O) groups is 1. The van der Waals surface area contributed by atoms with Gasteiger partial charge in [-0.05, 0) is 25.0 Å². The lowest BCUT2D eigenvalue weighted by molar-refractivity contribution is 0.0949. The summed E-state index contributed by atoms with van der Waals surface area (Å²) in [5.41, 5.74) is 5.24. The third-order valence-electron chi connectivity index (χ3n) is 2.52. The third kappa shape index (κ3) is 4.20. The Hall–Kier alpha value is -2.18. The molecule has 7 heteroatoms. The first-order valence-electron chi connectivity index (χ1n) is 5.66. The molecule has 0 aliphatic rings. The first kappa shape index (κ1) is 14.9. The normalized spacial score (nSPS) is 11.4. The second-order valence-corrected chi connectivity index (χ2v) is 4.03. The van der Waals surface area contributed by atoms with E-state index in [2.05, 4.69) is 10.5 Å². The molecule has 0 spiro atoms. The van der Waals surface area contributed by atoms with Crippen molar-refractivity contribution in [1.82, 2.24) is 5.32 Å². The molecule has 0 aliphatic heterocycles. The molecule has 0 saturated carbocycles. The van der Waals surface area contributed by atoms with E-state index >= 15 is 0 Å². The summed E-state index contributed by atoms with van der Waals surface area (Å²) in [5, 5.41) is 13.6. The number of halogens is 2. The van der Waals surface area contributed by atoms with Crippen molar-refractivity contribution in [2.24, 2.45) is 10.9 Å². The van der Waals surface area contributed by atoms with Crippen LogP contribution in [0.4, 0.5) is 8.78 Å². The molecule has 0 heterocycles. The number of hydrogen-bond donors (Lipinski definition) is 3. The number of hydrogen-bond acceptors (Lipinski definition) is 3. The number of aryl methyl sites for hydroxylation is 1. The topological polar surface area (TPSA) is 87.7 Å². The first-order valence-corrected chi connectivity index (χ1v) is 5.66. The van der Waals surface area contributed by atoms with Crippen molar-refractivity contribution in [2.45, 2.75) is 19.8 Å². The van der Waals surface area contributed by atoms with Gasteiger partial charge >= 0.3 is 0 Å². The van der Waals surface area contributed by atoms with Gasteiger partial charge in [-0.15, -0.1) is 0 Å². The van der Waals surface area contributed by atoms with Crippen molar-refractivity contribution < 1.29 is 18.8 Å². The van der Waals surface area contributed by atoms with Crippen LogP contribution in [0.25, 0.3) is 0 Å². The summed E-state index contributed by atoms with van der Waals surface area (Å²) in [5.74, 6) is -2.17. The Morgan fingerprint density at radius 2 is 2.11 bits per heavy atom. The van der Waals surface area contributed by atoms with Gasteiger partial charge in [0, 0.05) is 19.0 Å². The fourth-order valence-electron chi connectivity index (χ4n) is 1.45. The lowest BCUT2D eigenvalue weighted by atomic mass is 10.1. The lowest BCUT2D eigenvalue weighted by Gasteiger charge is -2.07. The van der Waals surface area contributed by atoms with Gasteiger partial charge in [0.05, 0.1) is 5.56 Å². The fraction of sp³-hybridized carbons (Fsp3) is 0.333. The molecule has 0 fully saturated rings. The number of amides is 1. The maximum atomic E-state index is 13.4. The highest BCUT2D eigenvalue weighted by Crippen LogP contribution is 2.14. The van der Waals surface area contributed by atoms with Crippen molar-refractivity contribution in [3.63, 3.8) is 0 Å². The van der Waals surface area contributed by atoms with Crippen LogP contribution in [0.2, 0.25) is 0 Å². The second kappa shape index (κ2) is 6.67. The molecule has 4 N–H and O–H groups in total. The summed E-state index contributed by atoms with van der Waals surface area (Å²) < 4.78 is 26.4. The molecule has 1 aromatic carbocycles. The molecule has 19 heavy (non-hydrogen) atoms. The van der Waals surface area contributed by atoms with Crippen LogP contribution < -0.4 is 11.1 Å². The van der Waals surface area contributed by atoms with Crippen LogP contribution >= 0.6 is 0 Å². The van der Waals surface area contributed by atoms with Crippen LogP contribution in [-0.4, -0.2) is 23.5 Å². The van der Waals surface area contributed by atoms with E-state index in [0.717, 1.165) is 6.07 Å². The molecule has 5 nitrogen and oxygen atoms in total. The Kier molecular flexibility index (Phi) is 5.23. The quantitative estimate of drug-likeness (QED) is 0.249. The molecule has 0 atom stereocenters. The number of nitrogens with one attached hydrogen (secondary N) is 1. The zero-order chi connectivity index (χ0) is 14.4. The largest absolute Gasteiger partial charge is 0.409 e. The first-order chi connectivity index (χ1) is 8.95. The SMILES string of the molecule is Cc1cc(C(=O)NCCC/C(N)=N/O)c(F)cc1F. The zero-order valence-corrected chi connectivity index (χ0v) is 10.4. The number of nitrogens with two attached hydrogens (primary N) is 1. The van der Waals surface area contributed by atoms with Crippen molar-refractivity contribution in [2.75, 3.05) is 6.54 Å². The molecule has 1 amide bonds. The highest BCUT2D eigenvalue weighted by molar-refractivity contribution is 5.94. The van der Waals surface area contributed by atoms with Crippen molar-refractivity contribution >= 4 is 11.7 Å². The average molecular weight is 271 g/mol. The minimum atomic E-state index is -0.906. The van der Waals surface area contributed by atoms with Crippen molar-refractivity contribution in [3.05, 3.63) is 34.9 Å². The van der Waals surface area contributed by atoms with Gasteiger partial charge in [-0.3, -0.25) is 4.79 Å².